The number of aromatic nitrogens is 3. The lowest BCUT2D eigenvalue weighted by atomic mass is 10.7. The topological polar surface area (TPSA) is 92.1 Å². The van der Waals surface area contributed by atoms with Crippen molar-refractivity contribution in [2.45, 2.75) is 18.9 Å². The maximum Gasteiger partial charge on any atom is 0.357 e. The van der Waals surface area contributed by atoms with E-state index in [2.05, 4.69) is 5.10 Å². The van der Waals surface area contributed by atoms with Crippen LogP contribution in [0.2, 0.25) is 0 Å². The van der Waals surface area contributed by atoms with Crippen molar-refractivity contribution in [3.05, 3.63) is 10.5 Å². The fraction of sp³-hybridized carbons (Fsp3) is 0.571. The number of hydrogen-bond donors (Lipinski definition) is 1. The molecule has 1 saturated carbocycles. The van der Waals surface area contributed by atoms with Crippen molar-refractivity contribution in [2.24, 2.45) is 5.73 Å². The largest absolute Gasteiger partial charge is 0.467 e. The maximum absolute atomic E-state index is 11.6. The molecule has 2 rings (SSSR count). The SMILES string of the molecule is COc1nn(C(N)=O)c(=O)n1C1CC1. The van der Waals surface area contributed by atoms with Gasteiger partial charge in [0.1, 0.15) is 0 Å². The normalized spacial score (nSPS) is 15.5. The van der Waals surface area contributed by atoms with E-state index in [0.29, 0.717) is 4.68 Å². The summed E-state index contributed by atoms with van der Waals surface area (Å²) in [5, 5.41) is 3.66. The number of rotatable bonds is 2. The monoisotopic (exact) mass is 198 g/mol. The Morgan fingerprint density at radius 3 is 2.71 bits per heavy atom. The fourth-order valence-corrected chi connectivity index (χ4v) is 1.29. The zero-order valence-electron chi connectivity index (χ0n) is 7.64. The molecule has 1 aliphatic carbocycles. The first-order valence-electron chi connectivity index (χ1n) is 4.20. The second-order valence-corrected chi connectivity index (χ2v) is 3.12. The summed E-state index contributed by atoms with van der Waals surface area (Å²) in [5.41, 5.74) is 4.43. The quantitative estimate of drug-likeness (QED) is 0.681. The lowest BCUT2D eigenvalue weighted by Gasteiger charge is -1.98. The van der Waals surface area contributed by atoms with Gasteiger partial charge in [-0.1, -0.05) is 0 Å². The van der Waals surface area contributed by atoms with Gasteiger partial charge in [0.25, 0.3) is 0 Å². The minimum atomic E-state index is -0.896. The minimum Gasteiger partial charge on any atom is -0.467 e. The summed E-state index contributed by atoms with van der Waals surface area (Å²) in [6, 6.07) is -0.658. The number of carbonyl (C=O) groups excluding carboxylic acids is 1. The summed E-state index contributed by atoms with van der Waals surface area (Å²) in [6.45, 7) is 0. The summed E-state index contributed by atoms with van der Waals surface area (Å²) in [6.07, 6.45) is 1.81. The second-order valence-electron chi connectivity index (χ2n) is 3.12. The first kappa shape index (κ1) is 8.79. The van der Waals surface area contributed by atoms with Gasteiger partial charge in [0, 0.05) is 6.04 Å². The molecule has 1 aliphatic rings. The molecule has 76 valence electrons. The van der Waals surface area contributed by atoms with Gasteiger partial charge in [-0.15, -0.1) is 9.78 Å². The van der Waals surface area contributed by atoms with Gasteiger partial charge < -0.3 is 10.5 Å². The highest BCUT2D eigenvalue weighted by Gasteiger charge is 2.31. The predicted octanol–water partition coefficient (Wildman–Crippen LogP) is -0.685. The molecule has 0 unspecified atom stereocenters. The highest BCUT2D eigenvalue weighted by molar-refractivity contribution is 5.73. The average Bonchev–Trinajstić information content (AvgIpc) is 2.90. The van der Waals surface area contributed by atoms with Crippen LogP contribution >= 0.6 is 0 Å². The Hall–Kier alpha value is -1.79. The Bertz CT molecular complexity index is 429. The molecular formula is C7H10N4O3. The van der Waals surface area contributed by atoms with Crippen molar-refractivity contribution in [3.8, 4) is 6.01 Å². The first-order chi connectivity index (χ1) is 6.65. The van der Waals surface area contributed by atoms with Crippen molar-refractivity contribution in [1.82, 2.24) is 14.3 Å². The van der Waals surface area contributed by atoms with E-state index in [9.17, 15) is 9.59 Å². The van der Waals surface area contributed by atoms with Crippen LogP contribution in [-0.2, 0) is 0 Å². The highest BCUT2D eigenvalue weighted by atomic mass is 16.5. The van der Waals surface area contributed by atoms with E-state index in [1.807, 2.05) is 0 Å². The Labute approximate surface area is 79.1 Å². The molecule has 7 heteroatoms. The molecule has 2 N–H and O–H groups in total. The molecule has 1 amide bonds. The molecule has 0 bridgehead atoms. The van der Waals surface area contributed by atoms with Crippen LogP contribution in [0, 0.1) is 0 Å². The van der Waals surface area contributed by atoms with Crippen LogP contribution in [-0.4, -0.2) is 27.5 Å². The van der Waals surface area contributed by atoms with E-state index in [4.69, 9.17) is 10.5 Å². The number of methoxy groups -OCH3 is 1. The molecule has 1 aromatic heterocycles. The van der Waals surface area contributed by atoms with Crippen molar-refractivity contribution in [2.75, 3.05) is 7.11 Å². The fourth-order valence-electron chi connectivity index (χ4n) is 1.29. The Morgan fingerprint density at radius 1 is 1.64 bits per heavy atom. The molecule has 14 heavy (non-hydrogen) atoms. The average molecular weight is 198 g/mol. The zero-order valence-corrected chi connectivity index (χ0v) is 7.64. The number of hydrogen-bond acceptors (Lipinski definition) is 4. The zero-order chi connectivity index (χ0) is 10.3. The van der Waals surface area contributed by atoms with Crippen LogP contribution in [0.4, 0.5) is 4.79 Å². The molecule has 1 heterocycles. The van der Waals surface area contributed by atoms with Gasteiger partial charge in [0.2, 0.25) is 0 Å². The van der Waals surface area contributed by atoms with Crippen LogP contribution < -0.4 is 16.2 Å². The number of ether oxygens (including phenoxy) is 1. The van der Waals surface area contributed by atoms with Crippen molar-refractivity contribution < 1.29 is 9.53 Å². The first-order valence-corrected chi connectivity index (χ1v) is 4.20. The van der Waals surface area contributed by atoms with E-state index >= 15 is 0 Å². The van der Waals surface area contributed by atoms with Gasteiger partial charge in [-0.2, -0.15) is 0 Å². The standard InChI is InChI=1S/C7H10N4O3/c1-14-6-9-11(5(8)12)7(13)10(6)4-2-3-4/h4H,2-3H2,1H3,(H2,8,12). The lowest BCUT2D eigenvalue weighted by molar-refractivity contribution is 0.246. The van der Waals surface area contributed by atoms with Gasteiger partial charge in [-0.3, -0.25) is 0 Å². The molecule has 0 aliphatic heterocycles. The molecule has 0 atom stereocenters. The number of primary amides is 1. The number of carbonyl (C=O) groups is 1. The van der Waals surface area contributed by atoms with E-state index in [0.717, 1.165) is 12.8 Å². The Morgan fingerprint density at radius 2 is 2.29 bits per heavy atom. The van der Waals surface area contributed by atoms with E-state index in [1.165, 1.54) is 11.7 Å². The minimum absolute atomic E-state index is 0.102. The molecule has 1 aromatic rings. The second kappa shape index (κ2) is 2.86. The molecule has 0 radical (unpaired) electrons. The molecule has 1 fully saturated rings. The highest BCUT2D eigenvalue weighted by Crippen LogP contribution is 2.35. The van der Waals surface area contributed by atoms with Gasteiger partial charge >= 0.3 is 17.7 Å². The third-order valence-corrected chi connectivity index (χ3v) is 2.08. The van der Waals surface area contributed by atoms with E-state index in [-0.39, 0.29) is 12.1 Å². The Balaban J connectivity index is 2.56. The van der Waals surface area contributed by atoms with Crippen LogP contribution in [0.5, 0.6) is 6.01 Å². The summed E-state index contributed by atoms with van der Waals surface area (Å²) in [7, 11) is 1.39. The van der Waals surface area contributed by atoms with Crippen molar-refractivity contribution >= 4 is 6.03 Å². The number of nitrogens with zero attached hydrogens (tertiary/aromatic N) is 3. The molecule has 0 saturated heterocycles. The lowest BCUT2D eigenvalue weighted by Crippen LogP contribution is -2.33. The molecular weight excluding hydrogens is 188 g/mol. The smallest absolute Gasteiger partial charge is 0.357 e. The Kier molecular flexibility index (Phi) is 1.80. The van der Waals surface area contributed by atoms with Crippen molar-refractivity contribution in [3.63, 3.8) is 0 Å². The number of amides is 1. The van der Waals surface area contributed by atoms with Gasteiger partial charge in [-0.05, 0) is 12.8 Å². The molecule has 7 nitrogen and oxygen atoms in total. The molecule has 0 spiro atoms. The van der Waals surface area contributed by atoms with Gasteiger partial charge in [0.05, 0.1) is 7.11 Å². The number of nitrogens with two attached hydrogens (primary N) is 1. The summed E-state index contributed by atoms with van der Waals surface area (Å²) >= 11 is 0. The van der Waals surface area contributed by atoms with Crippen molar-refractivity contribution in [1.29, 1.82) is 0 Å². The van der Waals surface area contributed by atoms with E-state index < -0.39 is 11.7 Å². The van der Waals surface area contributed by atoms with Crippen LogP contribution in [0.15, 0.2) is 4.79 Å². The van der Waals surface area contributed by atoms with E-state index in [1.54, 1.807) is 0 Å². The van der Waals surface area contributed by atoms with Gasteiger partial charge in [0.15, 0.2) is 0 Å². The van der Waals surface area contributed by atoms with Gasteiger partial charge in [-0.25, -0.2) is 14.2 Å². The summed E-state index contributed by atoms with van der Waals surface area (Å²) < 4.78 is 6.84. The third kappa shape index (κ3) is 1.17. The summed E-state index contributed by atoms with van der Waals surface area (Å²) in [4.78, 5) is 22.4. The van der Waals surface area contributed by atoms with Crippen LogP contribution in [0.1, 0.15) is 18.9 Å². The third-order valence-electron chi connectivity index (χ3n) is 2.08. The van der Waals surface area contributed by atoms with Crippen LogP contribution in [0.25, 0.3) is 0 Å². The van der Waals surface area contributed by atoms with Crippen LogP contribution in [0.3, 0.4) is 0 Å². The maximum atomic E-state index is 11.6. The molecule has 0 aromatic carbocycles. The predicted molar refractivity (Wildman–Crippen MR) is 46.3 cm³/mol. The summed E-state index contributed by atoms with van der Waals surface area (Å²) in [5.74, 6) is 0.